The van der Waals surface area contributed by atoms with Gasteiger partial charge in [-0.1, -0.05) is 6.92 Å². The molecule has 2 aliphatic heterocycles. The summed E-state index contributed by atoms with van der Waals surface area (Å²) in [6.45, 7) is 7.57. The van der Waals surface area contributed by atoms with Crippen molar-refractivity contribution >= 4 is 6.03 Å². The van der Waals surface area contributed by atoms with Gasteiger partial charge in [-0.25, -0.2) is 4.79 Å². The first-order valence-corrected chi connectivity index (χ1v) is 8.86. The van der Waals surface area contributed by atoms with Gasteiger partial charge >= 0.3 is 6.03 Å². The Morgan fingerprint density at radius 1 is 1.54 bits per heavy atom. The lowest BCUT2D eigenvalue weighted by atomic mass is 9.95. The van der Waals surface area contributed by atoms with E-state index in [1.165, 1.54) is 0 Å². The number of carbonyl (C=O) groups excluding carboxylic acids is 1. The number of ether oxygens (including phenoxy) is 2. The average Bonchev–Trinajstić information content (AvgIpc) is 3.24. The molecule has 0 aromatic carbocycles. The van der Waals surface area contributed by atoms with E-state index in [2.05, 4.69) is 22.4 Å². The number of likely N-dealkylation sites (tertiary alicyclic amines) is 1. The largest absolute Gasteiger partial charge is 0.348 e. The first-order valence-electron chi connectivity index (χ1n) is 8.86. The molecular formula is C17H28N4O3. The number of urea groups is 1. The van der Waals surface area contributed by atoms with Gasteiger partial charge in [0.25, 0.3) is 0 Å². The molecule has 0 aliphatic carbocycles. The van der Waals surface area contributed by atoms with Crippen LogP contribution in [0, 0.1) is 5.92 Å². The summed E-state index contributed by atoms with van der Waals surface area (Å²) in [5, 5.41) is 10.1. The molecule has 3 heterocycles. The van der Waals surface area contributed by atoms with Crippen LogP contribution in [0.15, 0.2) is 12.3 Å². The lowest BCUT2D eigenvalue weighted by Crippen LogP contribution is -2.46. The van der Waals surface area contributed by atoms with E-state index >= 15 is 0 Å². The Labute approximate surface area is 143 Å². The molecule has 1 aromatic rings. The molecule has 2 amide bonds. The number of carbonyl (C=O) groups is 1. The van der Waals surface area contributed by atoms with Gasteiger partial charge in [0.15, 0.2) is 5.79 Å². The van der Waals surface area contributed by atoms with Crippen LogP contribution in [0.3, 0.4) is 0 Å². The van der Waals surface area contributed by atoms with Gasteiger partial charge in [-0.15, -0.1) is 0 Å². The average molecular weight is 336 g/mol. The van der Waals surface area contributed by atoms with E-state index in [0.717, 1.165) is 38.0 Å². The third-order valence-electron chi connectivity index (χ3n) is 4.89. The molecule has 2 unspecified atom stereocenters. The SMILES string of the molecule is CC(CNC(=O)N1CCCC(c2ccn[nH]2)C1)CC1(C)OCCO1. The lowest BCUT2D eigenvalue weighted by molar-refractivity contribution is -0.153. The monoisotopic (exact) mass is 336 g/mol. The van der Waals surface area contributed by atoms with Gasteiger partial charge in [0.1, 0.15) is 0 Å². The summed E-state index contributed by atoms with van der Waals surface area (Å²) in [6, 6.07) is 2.01. The zero-order valence-corrected chi connectivity index (χ0v) is 14.6. The fourth-order valence-electron chi connectivity index (χ4n) is 3.66. The highest BCUT2D eigenvalue weighted by Crippen LogP contribution is 2.27. The smallest absolute Gasteiger partial charge is 0.317 e. The molecular weight excluding hydrogens is 308 g/mol. The van der Waals surface area contributed by atoms with E-state index in [1.807, 2.05) is 17.9 Å². The van der Waals surface area contributed by atoms with Crippen molar-refractivity contribution in [3.05, 3.63) is 18.0 Å². The fourth-order valence-corrected chi connectivity index (χ4v) is 3.66. The summed E-state index contributed by atoms with van der Waals surface area (Å²) in [5.74, 6) is 0.148. The predicted octanol–water partition coefficient (Wildman–Crippen LogP) is 2.09. The zero-order valence-electron chi connectivity index (χ0n) is 14.6. The number of rotatable bonds is 5. The molecule has 1 aromatic heterocycles. The van der Waals surface area contributed by atoms with Crippen LogP contribution in [0.25, 0.3) is 0 Å². The maximum absolute atomic E-state index is 12.5. The van der Waals surface area contributed by atoms with Crippen LogP contribution in [-0.2, 0) is 9.47 Å². The van der Waals surface area contributed by atoms with Gasteiger partial charge in [-0.2, -0.15) is 5.10 Å². The molecule has 0 bridgehead atoms. The highest BCUT2D eigenvalue weighted by Gasteiger charge is 2.33. The number of hydrogen-bond acceptors (Lipinski definition) is 4. The van der Waals surface area contributed by atoms with Crippen LogP contribution in [0.2, 0.25) is 0 Å². The summed E-state index contributed by atoms with van der Waals surface area (Å²) < 4.78 is 11.3. The molecule has 2 aliphatic rings. The Bertz CT molecular complexity index is 528. The quantitative estimate of drug-likeness (QED) is 0.863. The summed E-state index contributed by atoms with van der Waals surface area (Å²) in [5.41, 5.74) is 1.12. The predicted molar refractivity (Wildman–Crippen MR) is 89.6 cm³/mol. The molecule has 0 saturated carbocycles. The van der Waals surface area contributed by atoms with Crippen LogP contribution < -0.4 is 5.32 Å². The van der Waals surface area contributed by atoms with Crippen molar-refractivity contribution in [2.45, 2.75) is 44.8 Å². The van der Waals surface area contributed by atoms with Gasteiger partial charge < -0.3 is 19.7 Å². The highest BCUT2D eigenvalue weighted by molar-refractivity contribution is 5.74. The van der Waals surface area contributed by atoms with Crippen molar-refractivity contribution in [2.75, 3.05) is 32.8 Å². The summed E-state index contributed by atoms with van der Waals surface area (Å²) in [7, 11) is 0. The Morgan fingerprint density at radius 3 is 3.04 bits per heavy atom. The Balaban J connectivity index is 1.44. The van der Waals surface area contributed by atoms with E-state index in [4.69, 9.17) is 9.47 Å². The van der Waals surface area contributed by atoms with Crippen molar-refractivity contribution in [1.29, 1.82) is 0 Å². The molecule has 2 saturated heterocycles. The highest BCUT2D eigenvalue weighted by atomic mass is 16.7. The molecule has 3 rings (SSSR count). The first-order chi connectivity index (χ1) is 11.6. The minimum atomic E-state index is -0.499. The molecule has 0 radical (unpaired) electrons. The third-order valence-corrected chi connectivity index (χ3v) is 4.89. The van der Waals surface area contributed by atoms with Crippen molar-refractivity contribution < 1.29 is 14.3 Å². The summed E-state index contributed by atoms with van der Waals surface area (Å²) in [6.07, 6.45) is 4.66. The van der Waals surface area contributed by atoms with Crippen LogP contribution in [0.1, 0.15) is 44.7 Å². The number of H-pyrrole nitrogens is 1. The van der Waals surface area contributed by atoms with Crippen molar-refractivity contribution in [1.82, 2.24) is 20.4 Å². The Morgan fingerprint density at radius 2 is 2.33 bits per heavy atom. The second-order valence-electron chi connectivity index (χ2n) is 7.12. The second kappa shape index (κ2) is 7.53. The van der Waals surface area contributed by atoms with Crippen molar-refractivity contribution in [3.63, 3.8) is 0 Å². The molecule has 0 spiro atoms. The van der Waals surface area contributed by atoms with Crippen LogP contribution >= 0.6 is 0 Å². The van der Waals surface area contributed by atoms with Crippen molar-refractivity contribution in [3.8, 4) is 0 Å². The Hall–Kier alpha value is -1.60. The number of nitrogens with one attached hydrogen (secondary N) is 2. The van der Waals surface area contributed by atoms with E-state index < -0.39 is 5.79 Å². The number of aromatic nitrogens is 2. The number of aromatic amines is 1. The van der Waals surface area contributed by atoms with Gasteiger partial charge in [0.2, 0.25) is 0 Å². The molecule has 7 nitrogen and oxygen atoms in total. The summed E-state index contributed by atoms with van der Waals surface area (Å²) >= 11 is 0. The van der Waals surface area contributed by atoms with Crippen LogP contribution in [0.4, 0.5) is 4.79 Å². The lowest BCUT2D eigenvalue weighted by Gasteiger charge is -2.33. The fraction of sp³-hybridized carbons (Fsp3) is 0.765. The molecule has 7 heteroatoms. The van der Waals surface area contributed by atoms with Crippen molar-refractivity contribution in [2.24, 2.45) is 5.92 Å². The topological polar surface area (TPSA) is 79.5 Å². The standard InChI is InChI=1S/C17H28N4O3/c1-13(10-17(2)23-8-9-24-17)11-18-16(22)21-7-3-4-14(12-21)15-5-6-19-20-15/h5-6,13-14H,3-4,7-12H2,1-2H3,(H,18,22)(H,19,20). The molecule has 134 valence electrons. The molecule has 2 fully saturated rings. The molecule has 2 N–H and O–H groups in total. The van der Waals surface area contributed by atoms with Crippen LogP contribution in [0.5, 0.6) is 0 Å². The normalized spacial score (nSPS) is 24.8. The first kappa shape index (κ1) is 17.2. The van der Waals surface area contributed by atoms with E-state index in [-0.39, 0.29) is 6.03 Å². The number of amides is 2. The summed E-state index contributed by atoms with van der Waals surface area (Å²) in [4.78, 5) is 14.4. The number of hydrogen-bond donors (Lipinski definition) is 2. The maximum atomic E-state index is 12.5. The van der Waals surface area contributed by atoms with Gasteiger partial charge in [0.05, 0.1) is 13.2 Å². The zero-order chi connectivity index (χ0) is 17.0. The van der Waals surface area contributed by atoms with E-state index in [9.17, 15) is 4.79 Å². The number of piperidine rings is 1. The molecule has 24 heavy (non-hydrogen) atoms. The molecule has 2 atom stereocenters. The Kier molecular flexibility index (Phi) is 5.40. The van der Waals surface area contributed by atoms with Gasteiger partial charge in [-0.05, 0) is 31.7 Å². The maximum Gasteiger partial charge on any atom is 0.317 e. The third kappa shape index (κ3) is 4.27. The van der Waals surface area contributed by atoms with Gasteiger partial charge in [-0.3, -0.25) is 5.10 Å². The van der Waals surface area contributed by atoms with E-state index in [0.29, 0.717) is 31.6 Å². The minimum Gasteiger partial charge on any atom is -0.348 e. The van der Waals surface area contributed by atoms with E-state index in [1.54, 1.807) is 6.20 Å². The minimum absolute atomic E-state index is 0.0180. The van der Waals surface area contributed by atoms with Crippen LogP contribution in [-0.4, -0.2) is 59.8 Å². The second-order valence-corrected chi connectivity index (χ2v) is 7.12. The van der Waals surface area contributed by atoms with Gasteiger partial charge in [0, 0.05) is 43.9 Å². The number of nitrogens with zero attached hydrogens (tertiary/aromatic N) is 2.